The van der Waals surface area contributed by atoms with E-state index in [-0.39, 0.29) is 10.9 Å². The minimum absolute atomic E-state index is 0.252. The Labute approximate surface area is 96.3 Å². The molecule has 0 aliphatic rings. The maximum atomic E-state index is 11.6. The molecule has 2 aromatic rings. The van der Waals surface area contributed by atoms with Gasteiger partial charge >= 0.3 is 0 Å². The van der Waals surface area contributed by atoms with E-state index in [0.29, 0.717) is 11.7 Å². The fourth-order valence-corrected chi connectivity index (χ4v) is 1.71. The summed E-state index contributed by atoms with van der Waals surface area (Å²) in [6.45, 7) is 0.471. The third kappa shape index (κ3) is 2.54. The summed E-state index contributed by atoms with van der Waals surface area (Å²) in [6.07, 6.45) is 0. The van der Waals surface area contributed by atoms with Gasteiger partial charge in [-0.15, -0.1) is 10.2 Å². The Balaban J connectivity index is 1.94. The Kier molecular flexibility index (Phi) is 3.11. The first-order valence-electron chi connectivity index (χ1n) is 4.67. The van der Waals surface area contributed by atoms with Gasteiger partial charge < -0.3 is 11.1 Å². The van der Waals surface area contributed by atoms with E-state index in [1.807, 2.05) is 30.3 Å². The number of amides is 1. The molecule has 16 heavy (non-hydrogen) atoms. The maximum Gasteiger partial charge on any atom is 0.282 e. The number of nitrogens with two attached hydrogens (primary N) is 1. The second-order valence-electron chi connectivity index (χ2n) is 3.11. The number of anilines is 1. The van der Waals surface area contributed by atoms with Gasteiger partial charge in [-0.1, -0.05) is 41.7 Å². The van der Waals surface area contributed by atoms with Gasteiger partial charge in [-0.3, -0.25) is 4.79 Å². The fraction of sp³-hybridized carbons (Fsp3) is 0.100. The van der Waals surface area contributed by atoms with E-state index in [1.54, 1.807) is 0 Å². The highest BCUT2D eigenvalue weighted by Gasteiger charge is 2.10. The molecule has 6 heteroatoms. The quantitative estimate of drug-likeness (QED) is 0.831. The molecule has 0 spiro atoms. The number of carbonyl (C=O) groups excluding carboxylic acids is 1. The zero-order chi connectivity index (χ0) is 11.4. The molecule has 0 radical (unpaired) electrons. The summed E-state index contributed by atoms with van der Waals surface area (Å²) in [5.74, 6) is -0.252. The van der Waals surface area contributed by atoms with Crippen LogP contribution >= 0.6 is 11.3 Å². The van der Waals surface area contributed by atoms with Crippen molar-refractivity contribution in [2.75, 3.05) is 5.73 Å². The van der Waals surface area contributed by atoms with Gasteiger partial charge in [-0.25, -0.2) is 0 Å². The summed E-state index contributed by atoms with van der Waals surface area (Å²) in [6, 6.07) is 9.65. The molecule has 1 aromatic carbocycles. The van der Waals surface area contributed by atoms with Crippen molar-refractivity contribution in [1.29, 1.82) is 0 Å². The van der Waals surface area contributed by atoms with Crippen molar-refractivity contribution in [1.82, 2.24) is 15.5 Å². The van der Waals surface area contributed by atoms with E-state index in [4.69, 9.17) is 5.73 Å². The van der Waals surface area contributed by atoms with E-state index in [0.717, 1.165) is 16.9 Å². The van der Waals surface area contributed by atoms with E-state index < -0.39 is 0 Å². The third-order valence-corrected chi connectivity index (χ3v) is 2.68. The number of nitrogens with zero attached hydrogens (tertiary/aromatic N) is 2. The Hall–Kier alpha value is -1.95. The van der Waals surface area contributed by atoms with E-state index in [9.17, 15) is 4.79 Å². The Morgan fingerprint density at radius 1 is 1.31 bits per heavy atom. The number of nitrogens with one attached hydrogen (secondary N) is 1. The lowest BCUT2D eigenvalue weighted by molar-refractivity contribution is 0.0950. The molecule has 1 heterocycles. The summed E-state index contributed by atoms with van der Waals surface area (Å²) in [5, 5.41) is 10.6. The lowest BCUT2D eigenvalue weighted by Crippen LogP contribution is -2.22. The number of aromatic nitrogens is 2. The van der Waals surface area contributed by atoms with Crippen molar-refractivity contribution in [3.8, 4) is 0 Å². The van der Waals surface area contributed by atoms with E-state index in [2.05, 4.69) is 15.5 Å². The standard InChI is InChI=1S/C10H10N4OS/c11-10-14-13-9(16-10)8(15)12-6-7-4-2-1-3-5-7/h1-5H,6H2,(H2,11,14)(H,12,15). The van der Waals surface area contributed by atoms with Gasteiger partial charge in [0.15, 0.2) is 0 Å². The van der Waals surface area contributed by atoms with Gasteiger partial charge in [0.1, 0.15) is 0 Å². The Morgan fingerprint density at radius 2 is 2.06 bits per heavy atom. The maximum absolute atomic E-state index is 11.6. The third-order valence-electron chi connectivity index (χ3n) is 1.93. The molecule has 0 saturated carbocycles. The molecule has 0 aliphatic heterocycles. The Morgan fingerprint density at radius 3 is 2.69 bits per heavy atom. The predicted molar refractivity (Wildman–Crippen MR) is 61.9 cm³/mol. The van der Waals surface area contributed by atoms with Gasteiger partial charge in [0.25, 0.3) is 5.91 Å². The Bertz CT molecular complexity index is 483. The molecule has 82 valence electrons. The van der Waals surface area contributed by atoms with Gasteiger partial charge in [0.05, 0.1) is 0 Å². The van der Waals surface area contributed by atoms with Crippen molar-refractivity contribution < 1.29 is 4.79 Å². The predicted octanol–water partition coefficient (Wildman–Crippen LogP) is 1.05. The molecular formula is C10H10N4OS. The van der Waals surface area contributed by atoms with Crippen LogP contribution in [0.25, 0.3) is 0 Å². The normalized spacial score (nSPS) is 10.0. The molecule has 3 N–H and O–H groups in total. The monoisotopic (exact) mass is 234 g/mol. The minimum atomic E-state index is -0.252. The van der Waals surface area contributed by atoms with Crippen molar-refractivity contribution >= 4 is 22.4 Å². The number of benzene rings is 1. The van der Waals surface area contributed by atoms with Crippen LogP contribution in [0, 0.1) is 0 Å². The second-order valence-corrected chi connectivity index (χ2v) is 4.12. The summed E-state index contributed by atoms with van der Waals surface area (Å²) >= 11 is 1.07. The number of rotatable bonds is 3. The average molecular weight is 234 g/mol. The molecule has 0 aliphatic carbocycles. The molecule has 5 nitrogen and oxygen atoms in total. The highest BCUT2D eigenvalue weighted by molar-refractivity contribution is 7.16. The molecule has 0 fully saturated rings. The van der Waals surface area contributed by atoms with Crippen molar-refractivity contribution in [2.45, 2.75) is 6.54 Å². The summed E-state index contributed by atoms with van der Waals surface area (Å²) in [5.41, 5.74) is 6.42. The fourth-order valence-electron chi connectivity index (χ4n) is 1.18. The number of carbonyl (C=O) groups is 1. The largest absolute Gasteiger partial charge is 0.374 e. The van der Waals surface area contributed by atoms with Crippen molar-refractivity contribution in [3.05, 3.63) is 40.9 Å². The first kappa shape index (κ1) is 10.6. The summed E-state index contributed by atoms with van der Waals surface area (Å²) in [4.78, 5) is 11.6. The number of nitrogen functional groups attached to an aromatic ring is 1. The molecular weight excluding hydrogens is 224 g/mol. The minimum Gasteiger partial charge on any atom is -0.374 e. The van der Waals surface area contributed by atoms with Gasteiger partial charge in [-0.2, -0.15) is 0 Å². The van der Waals surface area contributed by atoms with E-state index >= 15 is 0 Å². The van der Waals surface area contributed by atoms with Gasteiger partial charge in [0.2, 0.25) is 10.1 Å². The molecule has 0 atom stereocenters. The van der Waals surface area contributed by atoms with Crippen LogP contribution in [0.15, 0.2) is 30.3 Å². The number of hydrogen-bond acceptors (Lipinski definition) is 5. The zero-order valence-corrected chi connectivity index (χ0v) is 9.20. The zero-order valence-electron chi connectivity index (χ0n) is 8.38. The van der Waals surface area contributed by atoms with E-state index in [1.165, 1.54) is 0 Å². The topological polar surface area (TPSA) is 80.9 Å². The molecule has 1 aromatic heterocycles. The molecule has 1 amide bonds. The van der Waals surface area contributed by atoms with Gasteiger partial charge in [0, 0.05) is 6.54 Å². The van der Waals surface area contributed by atoms with Crippen LogP contribution in [0.5, 0.6) is 0 Å². The van der Waals surface area contributed by atoms with Crippen LogP contribution in [0.3, 0.4) is 0 Å². The average Bonchev–Trinajstić information content (AvgIpc) is 2.74. The van der Waals surface area contributed by atoms with Crippen LogP contribution in [-0.2, 0) is 6.54 Å². The smallest absolute Gasteiger partial charge is 0.282 e. The molecule has 0 unspecified atom stereocenters. The first-order chi connectivity index (χ1) is 7.75. The van der Waals surface area contributed by atoms with Crippen LogP contribution in [0.4, 0.5) is 5.13 Å². The van der Waals surface area contributed by atoms with Crippen LogP contribution in [-0.4, -0.2) is 16.1 Å². The highest BCUT2D eigenvalue weighted by atomic mass is 32.1. The van der Waals surface area contributed by atoms with Crippen molar-refractivity contribution in [2.24, 2.45) is 0 Å². The first-order valence-corrected chi connectivity index (χ1v) is 5.48. The number of hydrogen-bond donors (Lipinski definition) is 2. The summed E-state index contributed by atoms with van der Waals surface area (Å²) in [7, 11) is 0. The summed E-state index contributed by atoms with van der Waals surface area (Å²) < 4.78 is 0. The molecule has 0 bridgehead atoms. The van der Waals surface area contributed by atoms with Gasteiger partial charge in [-0.05, 0) is 5.56 Å². The lowest BCUT2D eigenvalue weighted by atomic mass is 10.2. The van der Waals surface area contributed by atoms with Crippen LogP contribution in [0.2, 0.25) is 0 Å². The lowest BCUT2D eigenvalue weighted by Gasteiger charge is -2.01. The molecule has 2 rings (SSSR count). The van der Waals surface area contributed by atoms with Crippen LogP contribution < -0.4 is 11.1 Å². The SMILES string of the molecule is Nc1nnc(C(=O)NCc2ccccc2)s1. The van der Waals surface area contributed by atoms with Crippen LogP contribution in [0.1, 0.15) is 15.4 Å². The molecule has 0 saturated heterocycles. The highest BCUT2D eigenvalue weighted by Crippen LogP contribution is 2.10. The second kappa shape index (κ2) is 4.71. The van der Waals surface area contributed by atoms with Crippen molar-refractivity contribution in [3.63, 3.8) is 0 Å².